The average molecular weight is 368 g/mol. The molecule has 6 heteroatoms. The van der Waals surface area contributed by atoms with E-state index in [0.29, 0.717) is 15.6 Å². The van der Waals surface area contributed by atoms with Crippen LogP contribution in [0.5, 0.6) is 5.75 Å². The summed E-state index contributed by atoms with van der Waals surface area (Å²) in [7, 11) is 1.62. The largest absolute Gasteiger partial charge is 0.497 e. The van der Waals surface area contributed by atoms with Crippen LogP contribution in [0.2, 0.25) is 5.02 Å². The van der Waals surface area contributed by atoms with Crippen molar-refractivity contribution >= 4 is 34.2 Å². The van der Waals surface area contributed by atoms with Crippen molar-refractivity contribution in [2.75, 3.05) is 12.4 Å². The Hall–Kier alpha value is -2.81. The third-order valence-electron chi connectivity index (χ3n) is 3.47. The molecule has 0 aliphatic carbocycles. The third kappa shape index (κ3) is 4.18. The number of nitriles is 1. The van der Waals surface area contributed by atoms with E-state index in [-0.39, 0.29) is 0 Å². The van der Waals surface area contributed by atoms with Gasteiger partial charge in [0.25, 0.3) is 0 Å². The van der Waals surface area contributed by atoms with Gasteiger partial charge in [-0.05, 0) is 36.4 Å². The number of thiazole rings is 1. The zero-order valence-corrected chi connectivity index (χ0v) is 14.9. The number of rotatable bonds is 5. The zero-order valence-electron chi connectivity index (χ0n) is 13.4. The van der Waals surface area contributed by atoms with Gasteiger partial charge < -0.3 is 10.1 Å². The first-order chi connectivity index (χ1) is 12.2. The lowest BCUT2D eigenvalue weighted by molar-refractivity contribution is 0.415. The van der Waals surface area contributed by atoms with Crippen LogP contribution in [-0.4, -0.2) is 12.1 Å². The Bertz CT molecular complexity index is 925. The van der Waals surface area contributed by atoms with Gasteiger partial charge in [0.1, 0.15) is 22.4 Å². The molecule has 25 heavy (non-hydrogen) atoms. The molecule has 0 atom stereocenters. The molecule has 124 valence electrons. The molecule has 0 aliphatic heterocycles. The lowest BCUT2D eigenvalue weighted by atomic mass is 10.2. The Morgan fingerprint density at radius 1 is 1.20 bits per heavy atom. The van der Waals surface area contributed by atoms with Crippen molar-refractivity contribution in [1.29, 1.82) is 5.26 Å². The van der Waals surface area contributed by atoms with E-state index in [1.165, 1.54) is 11.3 Å². The van der Waals surface area contributed by atoms with Gasteiger partial charge in [-0.3, -0.25) is 0 Å². The summed E-state index contributed by atoms with van der Waals surface area (Å²) in [5, 5.41) is 15.8. The van der Waals surface area contributed by atoms with Crippen LogP contribution in [0.1, 0.15) is 5.01 Å². The summed E-state index contributed by atoms with van der Waals surface area (Å²) >= 11 is 7.34. The Kier molecular flexibility index (Phi) is 5.34. The molecule has 3 rings (SSSR count). The minimum atomic E-state index is 0.473. The monoisotopic (exact) mass is 367 g/mol. The number of hydrogen-bond acceptors (Lipinski definition) is 5. The van der Waals surface area contributed by atoms with E-state index in [1.807, 2.05) is 53.9 Å². The van der Waals surface area contributed by atoms with E-state index < -0.39 is 0 Å². The van der Waals surface area contributed by atoms with E-state index in [0.717, 1.165) is 22.7 Å². The second-order valence-electron chi connectivity index (χ2n) is 5.09. The van der Waals surface area contributed by atoms with Crippen molar-refractivity contribution in [2.45, 2.75) is 0 Å². The van der Waals surface area contributed by atoms with Crippen LogP contribution in [0, 0.1) is 11.3 Å². The molecule has 0 spiro atoms. The predicted octanol–water partition coefficient (Wildman–Crippen LogP) is 5.45. The molecule has 1 heterocycles. The number of anilines is 1. The van der Waals surface area contributed by atoms with E-state index >= 15 is 0 Å². The fourth-order valence-corrected chi connectivity index (χ4v) is 3.06. The van der Waals surface area contributed by atoms with Gasteiger partial charge in [0.15, 0.2) is 0 Å². The molecule has 0 amide bonds. The van der Waals surface area contributed by atoms with E-state index in [1.54, 1.807) is 13.3 Å². The number of aromatic nitrogens is 1. The van der Waals surface area contributed by atoms with Crippen molar-refractivity contribution in [3.8, 4) is 23.1 Å². The topological polar surface area (TPSA) is 57.9 Å². The Balaban J connectivity index is 1.78. The van der Waals surface area contributed by atoms with E-state index in [2.05, 4.69) is 16.4 Å². The summed E-state index contributed by atoms with van der Waals surface area (Å²) in [6.07, 6.45) is 1.66. The second-order valence-corrected chi connectivity index (χ2v) is 6.38. The fourth-order valence-electron chi connectivity index (χ4n) is 2.14. The van der Waals surface area contributed by atoms with Gasteiger partial charge in [0.2, 0.25) is 0 Å². The molecule has 0 aliphatic rings. The van der Waals surface area contributed by atoms with Gasteiger partial charge >= 0.3 is 0 Å². The summed E-state index contributed by atoms with van der Waals surface area (Å²) in [5.74, 6) is 0.780. The standard InChI is InChI=1S/C19H14ClN3OS/c1-24-17-8-6-16(7-9-17)22-11-14(10-21)19-23-18(12-25-19)13-2-4-15(20)5-3-13/h2-9,11-12,22H,1H3/b14-11+. The van der Waals surface area contributed by atoms with Crippen LogP contribution in [0.25, 0.3) is 16.8 Å². The molecule has 0 fully saturated rings. The maximum atomic E-state index is 9.43. The highest BCUT2D eigenvalue weighted by atomic mass is 35.5. The maximum absolute atomic E-state index is 9.43. The van der Waals surface area contributed by atoms with E-state index in [9.17, 15) is 5.26 Å². The molecule has 0 bridgehead atoms. The number of methoxy groups -OCH3 is 1. The molecule has 1 aromatic heterocycles. The molecule has 3 aromatic rings. The molecule has 0 unspecified atom stereocenters. The molecular formula is C19H14ClN3OS. The quantitative estimate of drug-likeness (QED) is 0.609. The summed E-state index contributed by atoms with van der Waals surface area (Å²) in [5.41, 5.74) is 3.12. The van der Waals surface area contributed by atoms with Gasteiger partial charge in [-0.2, -0.15) is 5.26 Å². The number of benzene rings is 2. The van der Waals surface area contributed by atoms with Crippen LogP contribution < -0.4 is 10.1 Å². The number of allylic oxidation sites excluding steroid dienone is 1. The zero-order chi connectivity index (χ0) is 17.6. The highest BCUT2D eigenvalue weighted by molar-refractivity contribution is 7.11. The van der Waals surface area contributed by atoms with Crippen molar-refractivity contribution < 1.29 is 4.74 Å². The highest BCUT2D eigenvalue weighted by Gasteiger charge is 2.09. The predicted molar refractivity (Wildman–Crippen MR) is 103 cm³/mol. The van der Waals surface area contributed by atoms with Gasteiger partial charge in [-0.15, -0.1) is 11.3 Å². The SMILES string of the molecule is COc1ccc(N/C=C(\C#N)c2nc(-c3ccc(Cl)cc3)cs2)cc1. The van der Waals surface area contributed by atoms with Crippen LogP contribution in [-0.2, 0) is 0 Å². The van der Waals surface area contributed by atoms with Crippen LogP contribution >= 0.6 is 22.9 Å². The van der Waals surface area contributed by atoms with E-state index in [4.69, 9.17) is 16.3 Å². The summed E-state index contributed by atoms with van der Waals surface area (Å²) in [4.78, 5) is 4.55. The van der Waals surface area contributed by atoms with Crippen LogP contribution in [0.4, 0.5) is 5.69 Å². The lowest BCUT2D eigenvalue weighted by Crippen LogP contribution is -1.91. The highest BCUT2D eigenvalue weighted by Crippen LogP contribution is 2.27. The first-order valence-corrected chi connectivity index (χ1v) is 8.68. The Labute approximate surface area is 155 Å². The first-order valence-electron chi connectivity index (χ1n) is 7.42. The smallest absolute Gasteiger partial charge is 0.136 e. The van der Waals surface area contributed by atoms with Crippen molar-refractivity contribution in [2.24, 2.45) is 0 Å². The van der Waals surface area contributed by atoms with Crippen LogP contribution in [0.3, 0.4) is 0 Å². The van der Waals surface area contributed by atoms with Crippen molar-refractivity contribution in [3.05, 3.63) is 70.1 Å². The van der Waals surface area contributed by atoms with Gasteiger partial charge in [-0.1, -0.05) is 23.7 Å². The molecule has 2 aromatic carbocycles. The molecular weight excluding hydrogens is 354 g/mol. The Morgan fingerprint density at radius 2 is 1.92 bits per heavy atom. The maximum Gasteiger partial charge on any atom is 0.136 e. The van der Waals surface area contributed by atoms with Crippen molar-refractivity contribution in [1.82, 2.24) is 4.98 Å². The van der Waals surface area contributed by atoms with Gasteiger partial charge in [0, 0.05) is 27.9 Å². The fraction of sp³-hybridized carbons (Fsp3) is 0.0526. The molecule has 4 nitrogen and oxygen atoms in total. The average Bonchev–Trinajstić information content (AvgIpc) is 3.13. The Morgan fingerprint density at radius 3 is 2.56 bits per heavy atom. The normalized spacial score (nSPS) is 11.0. The third-order valence-corrected chi connectivity index (χ3v) is 4.60. The van der Waals surface area contributed by atoms with Gasteiger partial charge in [-0.25, -0.2) is 4.98 Å². The number of nitrogens with one attached hydrogen (secondary N) is 1. The molecule has 0 radical (unpaired) electrons. The molecule has 0 saturated heterocycles. The lowest BCUT2D eigenvalue weighted by Gasteiger charge is -2.03. The molecule has 0 saturated carbocycles. The summed E-state index contributed by atoms with van der Waals surface area (Å²) in [6, 6.07) is 17.1. The summed E-state index contributed by atoms with van der Waals surface area (Å²) in [6.45, 7) is 0. The first kappa shape index (κ1) is 17.0. The van der Waals surface area contributed by atoms with Crippen molar-refractivity contribution in [3.63, 3.8) is 0 Å². The molecule has 1 N–H and O–H groups in total. The second kappa shape index (κ2) is 7.84. The summed E-state index contributed by atoms with van der Waals surface area (Å²) < 4.78 is 5.13. The number of hydrogen-bond donors (Lipinski definition) is 1. The minimum Gasteiger partial charge on any atom is -0.497 e. The minimum absolute atomic E-state index is 0.473. The number of ether oxygens (including phenoxy) is 1. The van der Waals surface area contributed by atoms with Crippen LogP contribution in [0.15, 0.2) is 60.1 Å². The number of nitrogens with zero attached hydrogens (tertiary/aromatic N) is 2. The number of halogens is 1. The van der Waals surface area contributed by atoms with Gasteiger partial charge in [0.05, 0.1) is 12.8 Å².